The van der Waals surface area contributed by atoms with Crippen molar-refractivity contribution >= 4 is 81.2 Å². The highest BCUT2D eigenvalue weighted by Crippen LogP contribution is 2.65. The maximum Gasteiger partial charge on any atom is 0.231 e. The lowest BCUT2D eigenvalue weighted by Gasteiger charge is -2.12. The molecule has 1 aliphatic carbocycles. The van der Waals surface area contributed by atoms with Crippen LogP contribution < -0.4 is 10.6 Å². The minimum absolute atomic E-state index is 0.0897. The van der Waals surface area contributed by atoms with Gasteiger partial charge in [-0.05, 0) is 36.2 Å². The maximum atomic E-state index is 14.8. The summed E-state index contributed by atoms with van der Waals surface area (Å²) in [7, 11) is 0. The van der Waals surface area contributed by atoms with Crippen LogP contribution in [-0.2, 0) is 9.59 Å². The summed E-state index contributed by atoms with van der Waals surface area (Å²) in [4.78, 5) is 24.5. The van der Waals surface area contributed by atoms with Gasteiger partial charge in [-0.25, -0.2) is 8.78 Å². The molecule has 1 fully saturated rings. The van der Waals surface area contributed by atoms with Crippen molar-refractivity contribution in [1.29, 1.82) is 0 Å². The molecule has 2 aromatic rings. The largest absolute Gasteiger partial charge is 0.323 e. The third-order valence-corrected chi connectivity index (χ3v) is 6.93. The van der Waals surface area contributed by atoms with Gasteiger partial charge in [-0.1, -0.05) is 41.7 Å². The van der Waals surface area contributed by atoms with Crippen LogP contribution in [0.4, 0.5) is 20.2 Å². The number of hydrogen-bond donors (Lipinski definition) is 2. The zero-order valence-electron chi connectivity index (χ0n) is 15.8. The van der Waals surface area contributed by atoms with Crippen molar-refractivity contribution in [3.8, 4) is 0 Å². The van der Waals surface area contributed by atoms with E-state index >= 15 is 0 Å². The summed E-state index contributed by atoms with van der Waals surface area (Å²) in [5.41, 5.74) is -0.500. The second-order valence-electron chi connectivity index (χ2n) is 7.00. The molecule has 0 saturated heterocycles. The molecule has 2 aromatic carbocycles. The van der Waals surface area contributed by atoms with Crippen molar-refractivity contribution in [3.63, 3.8) is 0 Å². The van der Waals surface area contributed by atoms with E-state index in [-0.39, 0.29) is 27.2 Å². The number of carbonyl (C=O) groups excluding carboxylic acids is 2. The average molecular weight is 531 g/mol. The van der Waals surface area contributed by atoms with Crippen molar-refractivity contribution in [1.82, 2.24) is 0 Å². The Hall–Kier alpha value is -1.31. The number of benzene rings is 2. The van der Waals surface area contributed by atoms with E-state index in [1.54, 1.807) is 6.92 Å². The van der Waals surface area contributed by atoms with Crippen LogP contribution in [0, 0.1) is 17.6 Å². The van der Waals surface area contributed by atoms with Crippen molar-refractivity contribution < 1.29 is 18.4 Å². The predicted molar refractivity (Wildman–Crippen MR) is 121 cm³/mol. The highest BCUT2D eigenvalue weighted by Gasteiger charge is 2.67. The molecule has 2 unspecified atom stereocenters. The summed E-state index contributed by atoms with van der Waals surface area (Å²) in [5, 5.41) is 4.99. The minimum Gasteiger partial charge on any atom is -0.323 e. The Morgan fingerprint density at radius 1 is 1.06 bits per heavy atom. The molecule has 2 N–H and O–H groups in total. The first-order chi connectivity index (χ1) is 14.5. The number of carbonyl (C=O) groups is 2. The van der Waals surface area contributed by atoms with E-state index in [1.165, 1.54) is 12.1 Å². The van der Waals surface area contributed by atoms with E-state index in [1.807, 2.05) is 0 Å². The molecule has 4 nitrogen and oxygen atoms in total. The molecule has 1 aliphatic rings. The lowest BCUT2D eigenvalue weighted by Crippen LogP contribution is -2.19. The van der Waals surface area contributed by atoms with Gasteiger partial charge in [-0.3, -0.25) is 9.59 Å². The Morgan fingerprint density at radius 3 is 2.26 bits per heavy atom. The molecule has 0 aromatic heterocycles. The summed E-state index contributed by atoms with van der Waals surface area (Å²) in [5.74, 6) is -5.00. The molecule has 166 valence electrons. The SMILES string of the molecule is CCCC(=O)Nc1c(F)ccc(NC(=O)C2C(c3cc(Cl)c(Cl)c(Cl)c3)C2(Cl)Cl)c1F. The van der Waals surface area contributed by atoms with Crippen LogP contribution in [0.25, 0.3) is 0 Å². The lowest BCUT2D eigenvalue weighted by molar-refractivity contribution is -0.117. The Balaban J connectivity index is 1.83. The van der Waals surface area contributed by atoms with Gasteiger partial charge in [-0.15, -0.1) is 23.2 Å². The van der Waals surface area contributed by atoms with Gasteiger partial charge in [0.15, 0.2) is 5.82 Å². The molecular formula is C20H15Cl5F2N2O2. The molecule has 2 amide bonds. The zero-order chi connectivity index (χ0) is 23.1. The normalized spacial score (nSPS) is 19.1. The lowest BCUT2D eigenvalue weighted by atomic mass is 10.1. The summed E-state index contributed by atoms with van der Waals surface area (Å²) in [6, 6.07) is 4.95. The van der Waals surface area contributed by atoms with Crippen LogP contribution in [0.5, 0.6) is 0 Å². The van der Waals surface area contributed by atoms with E-state index in [2.05, 4.69) is 10.6 Å². The van der Waals surface area contributed by atoms with E-state index in [4.69, 9.17) is 58.0 Å². The molecule has 0 spiro atoms. The number of hydrogen-bond acceptors (Lipinski definition) is 2. The van der Waals surface area contributed by atoms with Crippen LogP contribution in [0.3, 0.4) is 0 Å². The van der Waals surface area contributed by atoms with Crippen molar-refractivity contribution in [2.45, 2.75) is 30.0 Å². The summed E-state index contributed by atoms with van der Waals surface area (Å²) < 4.78 is 27.3. The Morgan fingerprint density at radius 2 is 1.68 bits per heavy atom. The van der Waals surface area contributed by atoms with Gasteiger partial charge < -0.3 is 10.6 Å². The summed E-state index contributed by atoms with van der Waals surface area (Å²) in [6.45, 7) is 1.75. The van der Waals surface area contributed by atoms with E-state index in [0.717, 1.165) is 12.1 Å². The van der Waals surface area contributed by atoms with Crippen molar-refractivity contribution in [2.75, 3.05) is 10.6 Å². The first-order valence-electron chi connectivity index (χ1n) is 9.10. The third kappa shape index (κ3) is 4.88. The predicted octanol–water partition coefficient (Wildman–Crippen LogP) is 7.19. The third-order valence-electron chi connectivity index (χ3n) is 4.79. The van der Waals surface area contributed by atoms with E-state index < -0.39 is 45.3 Å². The fourth-order valence-corrected chi connectivity index (χ4v) is 4.67. The van der Waals surface area contributed by atoms with E-state index in [0.29, 0.717) is 12.0 Å². The number of alkyl halides is 2. The monoisotopic (exact) mass is 528 g/mol. The van der Waals surface area contributed by atoms with Crippen LogP contribution >= 0.6 is 58.0 Å². The first kappa shape index (κ1) is 24.3. The van der Waals surface area contributed by atoms with Crippen molar-refractivity contribution in [3.05, 3.63) is 56.5 Å². The summed E-state index contributed by atoms with van der Waals surface area (Å²) >= 11 is 30.6. The van der Waals surface area contributed by atoms with Gasteiger partial charge in [0.25, 0.3) is 0 Å². The van der Waals surface area contributed by atoms with Crippen LogP contribution in [0.2, 0.25) is 15.1 Å². The smallest absolute Gasteiger partial charge is 0.231 e. The molecule has 31 heavy (non-hydrogen) atoms. The van der Waals surface area contributed by atoms with Crippen LogP contribution in [-0.4, -0.2) is 16.1 Å². The molecule has 2 atom stereocenters. The zero-order valence-corrected chi connectivity index (χ0v) is 19.6. The molecule has 0 radical (unpaired) electrons. The highest BCUT2D eigenvalue weighted by atomic mass is 35.5. The second-order valence-corrected chi connectivity index (χ2v) is 9.64. The molecule has 11 heteroatoms. The number of halogens is 7. The molecule has 1 saturated carbocycles. The Labute approximate surface area is 202 Å². The van der Waals surface area contributed by atoms with Gasteiger partial charge in [0, 0.05) is 12.3 Å². The molecule has 0 heterocycles. The molecule has 0 bridgehead atoms. The van der Waals surface area contributed by atoms with Gasteiger partial charge >= 0.3 is 0 Å². The highest BCUT2D eigenvalue weighted by molar-refractivity contribution is 6.54. The van der Waals surface area contributed by atoms with E-state index in [9.17, 15) is 18.4 Å². The number of amides is 2. The van der Waals surface area contributed by atoms with Gasteiger partial charge in [0.05, 0.1) is 26.7 Å². The quantitative estimate of drug-likeness (QED) is 0.307. The standard InChI is InChI=1S/C20H15Cl5F2N2O2/c1-2-3-13(30)29-18-11(26)4-5-12(17(18)27)28-19(31)15-14(20(15,24)25)8-6-9(21)16(23)10(22)7-8/h4-7,14-15H,2-3H2,1H3,(H,28,31)(H,29,30). The first-order valence-corrected chi connectivity index (χ1v) is 11.0. The van der Waals surface area contributed by atoms with Gasteiger partial charge in [0.1, 0.15) is 15.8 Å². The Kier molecular flexibility index (Phi) is 7.28. The second kappa shape index (κ2) is 9.28. The summed E-state index contributed by atoms with van der Waals surface area (Å²) in [6.07, 6.45) is 0.591. The number of nitrogens with one attached hydrogen (secondary N) is 2. The number of anilines is 2. The topological polar surface area (TPSA) is 58.2 Å². The molecule has 0 aliphatic heterocycles. The maximum absolute atomic E-state index is 14.8. The fourth-order valence-electron chi connectivity index (χ4n) is 3.23. The van der Waals surface area contributed by atoms with Crippen molar-refractivity contribution in [2.24, 2.45) is 5.92 Å². The number of rotatable bonds is 6. The average Bonchev–Trinajstić information content (AvgIpc) is 3.27. The minimum atomic E-state index is -1.50. The van der Waals surface area contributed by atoms with Crippen LogP contribution in [0.1, 0.15) is 31.2 Å². The molecular weight excluding hydrogens is 515 g/mol. The van der Waals surface area contributed by atoms with Gasteiger partial charge in [-0.2, -0.15) is 0 Å². The van der Waals surface area contributed by atoms with Gasteiger partial charge in [0.2, 0.25) is 11.8 Å². The Bertz CT molecular complexity index is 1040. The molecule has 3 rings (SSSR count). The fraction of sp³-hybridized carbons (Fsp3) is 0.300. The van der Waals surface area contributed by atoms with Crippen LogP contribution in [0.15, 0.2) is 24.3 Å².